The van der Waals surface area contributed by atoms with Gasteiger partial charge in [0.2, 0.25) is 0 Å². The van der Waals surface area contributed by atoms with Crippen molar-refractivity contribution in [3.63, 3.8) is 0 Å². The second-order valence-corrected chi connectivity index (χ2v) is 10.7. The van der Waals surface area contributed by atoms with Gasteiger partial charge < -0.3 is 25.4 Å². The average molecular weight is 512 g/mol. The topological polar surface area (TPSA) is 40.9 Å². The van der Waals surface area contributed by atoms with Crippen molar-refractivity contribution in [1.29, 1.82) is 0 Å². The van der Waals surface area contributed by atoms with E-state index in [0.29, 0.717) is 0 Å². The Morgan fingerprint density at radius 2 is 1.54 bits per heavy atom. The summed E-state index contributed by atoms with van der Waals surface area (Å²) < 4.78 is 0. The number of amides is 1. The van der Waals surface area contributed by atoms with Gasteiger partial charge in [-0.15, -0.1) is 0 Å². The summed E-state index contributed by atoms with van der Waals surface area (Å²) in [4.78, 5) is 10.5. The molecule has 1 N–H and O–H groups in total. The van der Waals surface area contributed by atoms with Crippen LogP contribution in [-0.4, -0.2) is 16.1 Å². The molecule has 1 fully saturated rings. The number of nitrogens with one attached hydrogen (secondary N) is 1. The van der Waals surface area contributed by atoms with E-state index in [2.05, 4.69) is 52.7 Å². The minimum atomic E-state index is -0.826. The molecule has 4 rings (SSSR count). The second-order valence-electron chi connectivity index (χ2n) is 6.44. The van der Waals surface area contributed by atoms with Crippen molar-refractivity contribution in [1.82, 2.24) is 0 Å². The summed E-state index contributed by atoms with van der Waals surface area (Å²) in [5, 5.41) is 1.22. The van der Waals surface area contributed by atoms with Crippen molar-refractivity contribution in [3.05, 3.63) is 74.2 Å². The zero-order chi connectivity index (χ0) is 18.9. The van der Waals surface area contributed by atoms with E-state index in [0.717, 1.165) is 32.1 Å². The van der Waals surface area contributed by atoms with Crippen molar-refractivity contribution in [2.24, 2.45) is 5.92 Å². The molecule has 2 aliphatic rings. The van der Waals surface area contributed by atoms with Crippen molar-refractivity contribution >= 4 is 38.4 Å². The van der Waals surface area contributed by atoms with E-state index in [1.165, 1.54) is 33.9 Å². The van der Waals surface area contributed by atoms with Gasteiger partial charge in [-0.2, -0.15) is 0 Å². The molecule has 0 saturated heterocycles. The molecule has 0 spiro atoms. The molecule has 2 aromatic rings. The Bertz CT molecular complexity index is 736. The molecule has 0 atom stereocenters. The first-order valence-corrected chi connectivity index (χ1v) is 15.5. The minimum Gasteiger partial charge on any atom is -0.668 e. The Morgan fingerprint density at radius 3 is 2.11 bits per heavy atom. The number of halogens is 2. The number of hydrogen-bond acceptors (Lipinski definition) is 1. The maximum atomic E-state index is 10.5. The van der Waals surface area contributed by atoms with Crippen LogP contribution in [0.4, 0.5) is 0 Å². The number of hydrogen-bond donors (Lipinski definition) is 0. The minimum absolute atomic E-state index is 0. The van der Waals surface area contributed by atoms with Gasteiger partial charge >= 0.3 is 37.9 Å². The first kappa shape index (κ1) is 27.6. The molecule has 2 aromatic carbocycles. The molecule has 0 unspecified atom stereocenters. The molecule has 0 bridgehead atoms. The van der Waals surface area contributed by atoms with Crippen molar-refractivity contribution in [2.75, 3.05) is 0 Å². The molecular weight excluding hydrogens is 484 g/mol. The van der Waals surface area contributed by atoms with Crippen LogP contribution < -0.4 is 5.19 Å². The molecule has 3 radical (unpaired) electrons. The summed E-state index contributed by atoms with van der Waals surface area (Å²) in [5.74, 6) is -0.270. The van der Waals surface area contributed by atoms with Gasteiger partial charge in [0, 0.05) is 5.92 Å². The molecule has 28 heavy (non-hydrogen) atoms. The maximum absolute atomic E-state index is 10.5. The van der Waals surface area contributed by atoms with Crippen LogP contribution in [0.5, 0.6) is 0 Å². The summed E-state index contributed by atoms with van der Waals surface area (Å²) in [6.45, 7) is 0. The fourth-order valence-electron chi connectivity index (χ4n) is 3.52. The zero-order valence-corrected chi connectivity index (χ0v) is 21.5. The fourth-order valence-corrected chi connectivity index (χ4v) is 3.84. The molecule has 6 heteroatoms. The maximum Gasteiger partial charge on any atom is 0.0716 e. The van der Waals surface area contributed by atoms with Gasteiger partial charge in [0.25, 0.3) is 0 Å². The van der Waals surface area contributed by atoms with E-state index in [-0.39, 0.29) is 26.7 Å². The molecule has 0 aliphatic heterocycles. The average Bonchev–Trinajstić information content (AvgIpc) is 3.04. The van der Waals surface area contributed by atoms with Crippen LogP contribution in [0, 0.1) is 20.8 Å². The summed E-state index contributed by atoms with van der Waals surface area (Å²) in [5.41, 5.74) is 12.5. The van der Waals surface area contributed by atoms with Crippen molar-refractivity contribution in [2.45, 2.75) is 38.5 Å². The molecular formula is C22H27Cl2NOSiZr-3. The molecule has 151 valence electrons. The molecule has 0 aromatic heterocycles. The van der Waals surface area contributed by atoms with E-state index in [1.807, 2.05) is 0 Å². The van der Waals surface area contributed by atoms with Crippen LogP contribution in [0.2, 0.25) is 0 Å². The van der Waals surface area contributed by atoms with Gasteiger partial charge in [0.15, 0.2) is 0 Å². The SMILES string of the molecule is [CH3-].[CH3-].[Cl][Zr][Cl].[NH-]C(=O)C1CCCCC1.[Si]c1cccc2c1Cc1ccccc1-2. The number of benzene rings is 2. The van der Waals surface area contributed by atoms with E-state index < -0.39 is 20.8 Å². The van der Waals surface area contributed by atoms with E-state index in [4.69, 9.17) is 22.8 Å². The van der Waals surface area contributed by atoms with Gasteiger partial charge in [0.1, 0.15) is 0 Å². The number of carbonyl (C=O) groups is 1. The predicted molar refractivity (Wildman–Crippen MR) is 121 cm³/mol. The van der Waals surface area contributed by atoms with Gasteiger partial charge in [-0.25, -0.2) is 0 Å². The van der Waals surface area contributed by atoms with E-state index in [9.17, 15) is 4.79 Å². The largest absolute Gasteiger partial charge is 0.668 e. The number of carbonyl (C=O) groups excluding carboxylic acids is 1. The smallest absolute Gasteiger partial charge is 0.0716 e. The van der Waals surface area contributed by atoms with E-state index >= 15 is 0 Å². The fraction of sp³-hybridized carbons (Fsp3) is 0.318. The van der Waals surface area contributed by atoms with Crippen LogP contribution in [-0.2, 0) is 32.1 Å². The monoisotopic (exact) mass is 509 g/mol. The molecule has 2 aliphatic carbocycles. The molecule has 1 saturated carbocycles. The summed E-state index contributed by atoms with van der Waals surface area (Å²) in [7, 11) is 13.5. The quantitative estimate of drug-likeness (QED) is 0.273. The van der Waals surface area contributed by atoms with Crippen LogP contribution in [0.1, 0.15) is 43.2 Å². The summed E-state index contributed by atoms with van der Waals surface area (Å²) in [6.07, 6.45) is 6.53. The van der Waals surface area contributed by atoms with Gasteiger partial charge in [0.05, 0.1) is 16.1 Å². The Kier molecular flexibility index (Phi) is 14.3. The molecule has 2 nitrogen and oxygen atoms in total. The first-order valence-electron chi connectivity index (χ1n) is 8.72. The van der Waals surface area contributed by atoms with Crippen LogP contribution in [0.25, 0.3) is 16.9 Å². The molecule has 0 heterocycles. The van der Waals surface area contributed by atoms with Gasteiger partial charge in [-0.05, 0) is 41.5 Å². The Morgan fingerprint density at radius 1 is 0.964 bits per heavy atom. The first-order chi connectivity index (χ1) is 12.6. The third-order valence-corrected chi connectivity index (χ3v) is 5.30. The van der Waals surface area contributed by atoms with Gasteiger partial charge in [-0.1, -0.05) is 66.9 Å². The normalized spacial score (nSPS) is 13.7. The third-order valence-electron chi connectivity index (χ3n) is 4.83. The summed E-state index contributed by atoms with van der Waals surface area (Å²) in [6, 6.07) is 15.0. The van der Waals surface area contributed by atoms with Crippen molar-refractivity contribution in [3.8, 4) is 11.1 Å². The molecule has 1 amide bonds. The van der Waals surface area contributed by atoms with Crippen LogP contribution in [0.15, 0.2) is 42.5 Å². The predicted octanol–water partition coefficient (Wildman–Crippen LogP) is 6.47. The number of rotatable bonds is 1. The van der Waals surface area contributed by atoms with Crippen molar-refractivity contribution < 1.29 is 25.6 Å². The Labute approximate surface area is 192 Å². The van der Waals surface area contributed by atoms with Crippen LogP contribution in [0.3, 0.4) is 0 Å². The van der Waals surface area contributed by atoms with Gasteiger partial charge in [-0.3, -0.25) is 0 Å². The Hall–Kier alpha value is -0.410. The summed E-state index contributed by atoms with van der Waals surface area (Å²) >= 11 is -0.826. The van der Waals surface area contributed by atoms with E-state index in [1.54, 1.807) is 0 Å². The standard InChI is InChI=1S/C13H9Si.C7H13NO.2CH3.2ClH.Zr/c14-13-7-3-6-11-10-5-2-1-4-9(10)8-12(11)13;8-7(9)6-4-2-1-3-5-6;;;;;/h1-7H,8H2;6H,1-5H2,(H2,8,9);2*1H3;2*1H;/q;;2*-1;;;+2/p-3. The van der Waals surface area contributed by atoms with Crippen LogP contribution >= 0.6 is 17.0 Å². The third kappa shape index (κ3) is 7.78. The second kappa shape index (κ2) is 14.6. The Balaban J connectivity index is 0.000000458. The number of fused-ring (bicyclic) bond motifs is 3. The zero-order valence-electron chi connectivity index (χ0n) is 16.5.